The summed E-state index contributed by atoms with van der Waals surface area (Å²) in [5, 5.41) is 7.06. The number of nitrogens with two attached hydrogens (primary N) is 1. The zero-order chi connectivity index (χ0) is 21.5. The highest BCUT2D eigenvalue weighted by atomic mass is 127. The van der Waals surface area contributed by atoms with Gasteiger partial charge in [-0.25, -0.2) is 4.98 Å². The van der Waals surface area contributed by atoms with Gasteiger partial charge in [0.05, 0.1) is 22.0 Å². The molecule has 0 saturated carbocycles. The molecule has 0 aliphatic carbocycles. The Kier molecular flexibility index (Phi) is 5.85. The molecule has 3 aromatic heterocycles. The van der Waals surface area contributed by atoms with Gasteiger partial charge in [-0.2, -0.15) is 18.3 Å². The molecule has 2 amide bonds. The van der Waals surface area contributed by atoms with Crippen molar-refractivity contribution < 1.29 is 22.8 Å². The van der Waals surface area contributed by atoms with Crippen molar-refractivity contribution in [2.75, 3.05) is 5.32 Å². The second-order valence-corrected chi connectivity index (χ2v) is 8.43. The number of aromatic nitrogens is 3. The number of nitrogens with one attached hydrogen (secondary N) is 1. The van der Waals surface area contributed by atoms with Crippen LogP contribution in [0.1, 0.15) is 33.0 Å². The van der Waals surface area contributed by atoms with E-state index in [1.165, 1.54) is 6.92 Å². The fraction of sp³-hybridized carbons (Fsp3) is 0.294. The smallest absolute Gasteiger partial charge is 0.365 e. The van der Waals surface area contributed by atoms with E-state index in [9.17, 15) is 22.8 Å². The first kappa shape index (κ1) is 21.5. The zero-order valence-corrected chi connectivity index (χ0v) is 18.2. The molecule has 0 fully saturated rings. The molecular formula is C17H15F3IN5O2S. The molecule has 0 bridgehead atoms. The molecule has 3 rings (SSSR count). The molecule has 3 heterocycles. The molecule has 0 saturated heterocycles. The van der Waals surface area contributed by atoms with Crippen LogP contribution in [-0.4, -0.2) is 26.6 Å². The second kappa shape index (κ2) is 7.89. The van der Waals surface area contributed by atoms with E-state index in [2.05, 4.69) is 38.0 Å². The summed E-state index contributed by atoms with van der Waals surface area (Å²) in [7, 11) is 0. The third kappa shape index (κ3) is 4.37. The highest BCUT2D eigenvalue weighted by molar-refractivity contribution is 14.1. The summed E-state index contributed by atoms with van der Waals surface area (Å²) >= 11 is 2.85. The van der Waals surface area contributed by atoms with E-state index in [1.807, 2.05) is 6.92 Å². The topological polar surface area (TPSA) is 103 Å². The molecule has 29 heavy (non-hydrogen) atoms. The van der Waals surface area contributed by atoms with Gasteiger partial charge >= 0.3 is 6.18 Å². The molecule has 3 N–H and O–H groups in total. The number of halogens is 4. The summed E-state index contributed by atoms with van der Waals surface area (Å²) in [5.74, 6) is -1.27. The first-order valence-corrected chi connectivity index (χ1v) is 10.2. The Bertz CT molecular complexity index is 1120. The zero-order valence-electron chi connectivity index (χ0n) is 15.2. The van der Waals surface area contributed by atoms with E-state index in [-0.39, 0.29) is 32.8 Å². The number of aryl methyl sites for hydroxylation is 2. The van der Waals surface area contributed by atoms with Crippen molar-refractivity contribution in [1.82, 2.24) is 14.8 Å². The minimum Gasteiger partial charge on any atom is -0.365 e. The van der Waals surface area contributed by atoms with Crippen molar-refractivity contribution in [2.24, 2.45) is 5.73 Å². The number of fused-ring (bicyclic) bond motifs is 1. The van der Waals surface area contributed by atoms with Crippen molar-refractivity contribution in [3.05, 3.63) is 37.7 Å². The standard InChI is InChI=1S/C17H15F3IN5O2S/c1-7-5-10(17(18,19)20)24-16-12(7)13(14(29-16)15(22)28)25-11(27)3-4-26-8(2)9(21)6-23-26/h5-6H,3-4H2,1-2H3,(H2,22,28)(H,25,27). The molecule has 0 aliphatic heterocycles. The molecule has 0 spiro atoms. The Morgan fingerprint density at radius 2 is 2.03 bits per heavy atom. The van der Waals surface area contributed by atoms with Gasteiger partial charge in [0.15, 0.2) is 0 Å². The van der Waals surface area contributed by atoms with Gasteiger partial charge in [-0.05, 0) is 48.1 Å². The number of hydrogen-bond donors (Lipinski definition) is 2. The van der Waals surface area contributed by atoms with Crippen LogP contribution >= 0.6 is 33.9 Å². The monoisotopic (exact) mass is 537 g/mol. The fourth-order valence-corrected chi connectivity index (χ4v) is 4.24. The van der Waals surface area contributed by atoms with Crippen molar-refractivity contribution in [3.8, 4) is 0 Å². The van der Waals surface area contributed by atoms with Crippen LogP contribution in [-0.2, 0) is 17.5 Å². The normalized spacial score (nSPS) is 11.8. The van der Waals surface area contributed by atoms with E-state index in [0.29, 0.717) is 6.54 Å². The van der Waals surface area contributed by atoms with Gasteiger partial charge in [-0.3, -0.25) is 14.3 Å². The lowest BCUT2D eigenvalue weighted by Crippen LogP contribution is -2.18. The van der Waals surface area contributed by atoms with E-state index in [0.717, 1.165) is 26.7 Å². The quantitative estimate of drug-likeness (QED) is 0.483. The molecule has 3 aromatic rings. The van der Waals surface area contributed by atoms with Gasteiger partial charge in [0.1, 0.15) is 15.4 Å². The SMILES string of the molecule is Cc1cc(C(F)(F)F)nc2sc(C(N)=O)c(NC(=O)CCn3ncc(I)c3C)c12. The number of thiophene rings is 1. The van der Waals surface area contributed by atoms with Crippen molar-refractivity contribution in [1.29, 1.82) is 0 Å². The predicted molar refractivity (Wildman–Crippen MR) is 111 cm³/mol. The number of carbonyl (C=O) groups is 2. The molecular weight excluding hydrogens is 522 g/mol. The number of anilines is 1. The molecule has 0 aliphatic rings. The number of primary amides is 1. The molecule has 0 aromatic carbocycles. The van der Waals surface area contributed by atoms with Gasteiger partial charge in [0.25, 0.3) is 5.91 Å². The van der Waals surface area contributed by atoms with Gasteiger partial charge < -0.3 is 11.1 Å². The van der Waals surface area contributed by atoms with Crippen LogP contribution in [0.2, 0.25) is 0 Å². The van der Waals surface area contributed by atoms with Crippen LogP contribution in [0.3, 0.4) is 0 Å². The Hall–Kier alpha value is -2.22. The summed E-state index contributed by atoms with van der Waals surface area (Å²) in [5.41, 5.74) is 5.54. The maximum atomic E-state index is 13.0. The third-order valence-corrected chi connectivity index (χ3v) is 6.39. The van der Waals surface area contributed by atoms with Crippen LogP contribution in [0, 0.1) is 17.4 Å². The fourth-order valence-electron chi connectivity index (χ4n) is 2.78. The van der Waals surface area contributed by atoms with Gasteiger partial charge in [0.2, 0.25) is 5.91 Å². The molecule has 0 unspecified atom stereocenters. The van der Waals surface area contributed by atoms with Crippen LogP contribution < -0.4 is 11.1 Å². The maximum Gasteiger partial charge on any atom is 0.433 e. The summed E-state index contributed by atoms with van der Waals surface area (Å²) in [6.45, 7) is 3.64. The average Bonchev–Trinajstić information content (AvgIpc) is 3.14. The second-order valence-electron chi connectivity index (χ2n) is 6.27. The lowest BCUT2D eigenvalue weighted by atomic mass is 10.1. The maximum absolute atomic E-state index is 13.0. The molecule has 12 heteroatoms. The largest absolute Gasteiger partial charge is 0.433 e. The first-order valence-electron chi connectivity index (χ1n) is 8.28. The minimum atomic E-state index is -4.63. The molecule has 0 atom stereocenters. The van der Waals surface area contributed by atoms with Gasteiger partial charge in [0, 0.05) is 17.5 Å². The Balaban J connectivity index is 1.93. The lowest BCUT2D eigenvalue weighted by Gasteiger charge is -2.10. The molecule has 7 nitrogen and oxygen atoms in total. The number of pyridine rings is 1. The number of rotatable bonds is 5. The lowest BCUT2D eigenvalue weighted by molar-refractivity contribution is -0.141. The van der Waals surface area contributed by atoms with E-state index < -0.39 is 23.7 Å². The summed E-state index contributed by atoms with van der Waals surface area (Å²) < 4.78 is 41.8. The van der Waals surface area contributed by atoms with Crippen LogP contribution in [0.15, 0.2) is 12.3 Å². The predicted octanol–water partition coefficient (Wildman–Crippen LogP) is 3.86. The van der Waals surface area contributed by atoms with Crippen molar-refractivity contribution in [3.63, 3.8) is 0 Å². The molecule has 0 radical (unpaired) electrons. The minimum absolute atomic E-state index is 0.0149. The average molecular weight is 537 g/mol. The van der Waals surface area contributed by atoms with Crippen LogP contribution in [0.25, 0.3) is 10.2 Å². The highest BCUT2D eigenvalue weighted by Crippen LogP contribution is 2.39. The number of amides is 2. The van der Waals surface area contributed by atoms with Crippen LogP contribution in [0.5, 0.6) is 0 Å². The first-order chi connectivity index (χ1) is 13.5. The van der Waals surface area contributed by atoms with Crippen LogP contribution in [0.4, 0.5) is 18.9 Å². The Labute approximate surface area is 180 Å². The van der Waals surface area contributed by atoms with Crippen molar-refractivity contribution >= 4 is 61.6 Å². The number of alkyl halides is 3. The number of nitrogens with zero attached hydrogens (tertiary/aromatic N) is 3. The number of hydrogen-bond acceptors (Lipinski definition) is 5. The van der Waals surface area contributed by atoms with E-state index in [1.54, 1.807) is 10.9 Å². The summed E-state index contributed by atoms with van der Waals surface area (Å²) in [4.78, 5) is 27.8. The number of carbonyl (C=O) groups excluding carboxylic acids is 2. The third-order valence-electron chi connectivity index (χ3n) is 4.23. The van der Waals surface area contributed by atoms with E-state index >= 15 is 0 Å². The summed E-state index contributed by atoms with van der Waals surface area (Å²) in [6, 6.07) is 0.879. The van der Waals surface area contributed by atoms with Gasteiger partial charge in [-0.1, -0.05) is 0 Å². The summed E-state index contributed by atoms with van der Waals surface area (Å²) in [6.07, 6.45) is -2.89. The van der Waals surface area contributed by atoms with Gasteiger partial charge in [-0.15, -0.1) is 11.3 Å². The Morgan fingerprint density at radius 1 is 1.34 bits per heavy atom. The highest BCUT2D eigenvalue weighted by Gasteiger charge is 2.34. The van der Waals surface area contributed by atoms with Crippen molar-refractivity contribution in [2.45, 2.75) is 33.0 Å². The van der Waals surface area contributed by atoms with E-state index in [4.69, 9.17) is 5.73 Å². The molecule has 154 valence electrons. The Morgan fingerprint density at radius 3 is 2.59 bits per heavy atom.